The monoisotopic (exact) mass is 708 g/mol. The van der Waals surface area contributed by atoms with E-state index in [4.69, 9.17) is 37.9 Å². The number of hydrogen-bond acceptors (Lipinski definition) is 8. The number of hydrogen-bond donors (Lipinski definition) is 0. The normalized spacial score (nSPS) is 21.6. The summed E-state index contributed by atoms with van der Waals surface area (Å²) >= 11 is 0. The Hall–Kier alpha value is -5.12. The van der Waals surface area contributed by atoms with Crippen LogP contribution >= 0.6 is 0 Å². The van der Waals surface area contributed by atoms with Crippen molar-refractivity contribution < 1.29 is 37.9 Å². The Kier molecular flexibility index (Phi) is 8.61. The van der Waals surface area contributed by atoms with E-state index in [9.17, 15) is 0 Å². The summed E-state index contributed by atoms with van der Waals surface area (Å²) in [6, 6.07) is 40.5. The second-order valence-electron chi connectivity index (χ2n) is 14.2. The van der Waals surface area contributed by atoms with Gasteiger partial charge in [-0.15, -0.1) is 0 Å². The maximum Gasteiger partial charge on any atom is 0.124 e. The predicted molar refractivity (Wildman–Crippen MR) is 202 cm³/mol. The van der Waals surface area contributed by atoms with Crippen LogP contribution in [0.25, 0.3) is 32.7 Å². The summed E-state index contributed by atoms with van der Waals surface area (Å²) in [7, 11) is 0. The van der Waals surface area contributed by atoms with Crippen LogP contribution in [0.4, 0.5) is 0 Å². The number of ether oxygens (including phenoxy) is 8. The van der Waals surface area contributed by atoms with E-state index in [1.807, 2.05) is 6.07 Å². The van der Waals surface area contributed by atoms with Crippen molar-refractivity contribution in [1.82, 2.24) is 0 Å². The van der Waals surface area contributed by atoms with Crippen LogP contribution in [-0.2, 0) is 18.9 Å². The molecule has 0 spiro atoms. The molecule has 0 aliphatic carbocycles. The Morgan fingerprint density at radius 1 is 0.453 bits per heavy atom. The Morgan fingerprint density at radius 3 is 1.34 bits per heavy atom. The lowest BCUT2D eigenvalue weighted by atomic mass is 9.79. The summed E-state index contributed by atoms with van der Waals surface area (Å²) < 4.78 is 47.6. The fourth-order valence-corrected chi connectivity index (χ4v) is 7.03. The second kappa shape index (κ2) is 14.0. The molecule has 4 saturated heterocycles. The van der Waals surface area contributed by atoms with Gasteiger partial charge in [0.25, 0.3) is 0 Å². The molecule has 4 aliphatic rings. The van der Waals surface area contributed by atoms with Crippen LogP contribution in [0.1, 0.15) is 22.6 Å². The quantitative estimate of drug-likeness (QED) is 0.0740. The van der Waals surface area contributed by atoms with Crippen LogP contribution in [0.3, 0.4) is 0 Å². The van der Waals surface area contributed by atoms with E-state index in [1.165, 1.54) is 5.56 Å². The highest BCUT2D eigenvalue weighted by atomic mass is 16.6. The molecule has 0 aromatic heterocycles. The van der Waals surface area contributed by atoms with Crippen LogP contribution in [0, 0.1) is 0 Å². The number of benzene rings is 6. The molecule has 8 nitrogen and oxygen atoms in total. The van der Waals surface area contributed by atoms with E-state index in [1.54, 1.807) is 0 Å². The van der Waals surface area contributed by atoms with E-state index in [-0.39, 0.29) is 30.3 Å². The summed E-state index contributed by atoms with van der Waals surface area (Å²) in [6.45, 7) is 4.95. The lowest BCUT2D eigenvalue weighted by Gasteiger charge is -2.27. The van der Waals surface area contributed by atoms with Crippen molar-refractivity contribution in [3.05, 3.63) is 132 Å². The van der Waals surface area contributed by atoms with Gasteiger partial charge >= 0.3 is 0 Å². The molecule has 6 aromatic carbocycles. The molecular formula is C45H40O8. The highest BCUT2D eigenvalue weighted by molar-refractivity contribution is 5.95. The molecule has 4 aliphatic heterocycles. The van der Waals surface area contributed by atoms with E-state index in [0.29, 0.717) is 39.6 Å². The molecule has 4 unspecified atom stereocenters. The van der Waals surface area contributed by atoms with Crippen molar-refractivity contribution in [3.8, 4) is 34.1 Å². The van der Waals surface area contributed by atoms with E-state index in [2.05, 4.69) is 109 Å². The van der Waals surface area contributed by atoms with Gasteiger partial charge in [0.1, 0.15) is 73.8 Å². The minimum absolute atomic E-state index is 0.0945. The first-order chi connectivity index (χ1) is 26.2. The van der Waals surface area contributed by atoms with E-state index < -0.39 is 0 Å². The third-order valence-electron chi connectivity index (χ3n) is 10.2. The van der Waals surface area contributed by atoms with Crippen LogP contribution in [0.15, 0.2) is 115 Å². The lowest BCUT2D eigenvalue weighted by Crippen LogP contribution is -2.13. The van der Waals surface area contributed by atoms with Crippen LogP contribution in [-0.4, -0.2) is 77.3 Å². The maximum absolute atomic E-state index is 6.68. The highest BCUT2D eigenvalue weighted by Gasteiger charge is 2.32. The molecule has 268 valence electrons. The van der Waals surface area contributed by atoms with E-state index in [0.717, 1.165) is 80.0 Å². The fraction of sp³-hybridized carbons (Fsp3) is 0.289. The third kappa shape index (κ3) is 7.41. The van der Waals surface area contributed by atoms with Gasteiger partial charge in [0.15, 0.2) is 0 Å². The van der Waals surface area contributed by atoms with Gasteiger partial charge in [0.05, 0.1) is 26.4 Å². The first-order valence-corrected chi connectivity index (χ1v) is 18.5. The summed E-state index contributed by atoms with van der Waals surface area (Å²) in [6.07, 6.45) is 0.529. The number of rotatable bonds is 16. The molecular weight excluding hydrogens is 668 g/mol. The zero-order valence-electron chi connectivity index (χ0n) is 29.3. The van der Waals surface area contributed by atoms with Crippen molar-refractivity contribution >= 4 is 21.5 Å². The Morgan fingerprint density at radius 2 is 0.887 bits per heavy atom. The summed E-state index contributed by atoms with van der Waals surface area (Å²) in [5.74, 6) is 2.96. The average Bonchev–Trinajstić information content (AvgIpc) is 4.01. The minimum atomic E-state index is -0.282. The van der Waals surface area contributed by atoms with Crippen molar-refractivity contribution in [2.24, 2.45) is 0 Å². The van der Waals surface area contributed by atoms with Gasteiger partial charge in [-0.25, -0.2) is 0 Å². The lowest BCUT2D eigenvalue weighted by molar-refractivity contribution is 0.258. The molecule has 8 heteroatoms. The van der Waals surface area contributed by atoms with Crippen LogP contribution in [0.2, 0.25) is 0 Å². The van der Waals surface area contributed by atoms with E-state index >= 15 is 0 Å². The molecule has 6 aromatic rings. The van der Waals surface area contributed by atoms with Crippen LogP contribution in [0.5, 0.6) is 23.0 Å². The molecule has 4 fully saturated rings. The molecule has 0 N–H and O–H groups in total. The first kappa shape index (κ1) is 32.5. The highest BCUT2D eigenvalue weighted by Crippen LogP contribution is 2.48. The molecule has 10 rings (SSSR count). The van der Waals surface area contributed by atoms with Crippen molar-refractivity contribution in [3.63, 3.8) is 0 Å². The van der Waals surface area contributed by atoms with Gasteiger partial charge in [0.2, 0.25) is 0 Å². The Balaban J connectivity index is 1.16. The smallest absolute Gasteiger partial charge is 0.124 e. The van der Waals surface area contributed by atoms with Crippen molar-refractivity contribution in [2.75, 3.05) is 52.9 Å². The molecule has 0 radical (unpaired) electrons. The third-order valence-corrected chi connectivity index (χ3v) is 10.2. The summed E-state index contributed by atoms with van der Waals surface area (Å²) in [5.41, 5.74) is 5.54. The van der Waals surface area contributed by atoms with Crippen LogP contribution < -0.4 is 18.9 Å². The van der Waals surface area contributed by atoms with Gasteiger partial charge in [-0.1, -0.05) is 78.9 Å². The minimum Gasteiger partial charge on any atom is -0.491 e. The topological polar surface area (TPSA) is 87.0 Å². The largest absolute Gasteiger partial charge is 0.491 e. The number of fused-ring (bicyclic) bond motifs is 2. The number of epoxide rings is 4. The zero-order chi connectivity index (χ0) is 35.1. The molecule has 53 heavy (non-hydrogen) atoms. The molecule has 0 bridgehead atoms. The van der Waals surface area contributed by atoms with Gasteiger partial charge in [0, 0.05) is 17.0 Å². The Labute approximate surface area is 308 Å². The SMILES string of the molecule is c1ccc(-c2ccc(C(c3c(OCC4CO4)ccc4cc(OCC5CO5)ccc34)c3c(OCC4CO4)ccc4cc(OCC5CO5)ccc34)cc2)cc1. The predicted octanol–water partition coefficient (Wildman–Crippen LogP) is 7.95. The average molecular weight is 709 g/mol. The Bertz CT molecular complexity index is 2120. The fourth-order valence-electron chi connectivity index (χ4n) is 7.03. The first-order valence-electron chi connectivity index (χ1n) is 18.5. The molecule has 0 saturated carbocycles. The van der Waals surface area contributed by atoms with Crippen molar-refractivity contribution in [2.45, 2.75) is 30.3 Å². The zero-order valence-corrected chi connectivity index (χ0v) is 29.3. The molecule has 4 heterocycles. The standard InChI is InChI=1S/C45H40O8/c1-2-4-28(5-3-1)29-6-8-30(9-7-29)43(44-39-14-12-33(46-20-35-22-48-35)18-31(39)10-16-41(44)52-26-37-24-50-37)45-40-15-13-34(47-21-36-23-49-36)19-32(40)11-17-42(45)53-27-38-25-51-38/h1-19,35-38,43H,20-27H2. The molecule has 4 atom stereocenters. The summed E-state index contributed by atoms with van der Waals surface area (Å²) in [4.78, 5) is 0. The van der Waals surface area contributed by atoms with Gasteiger partial charge in [-0.3, -0.25) is 0 Å². The summed E-state index contributed by atoms with van der Waals surface area (Å²) in [5, 5.41) is 4.26. The van der Waals surface area contributed by atoms with Gasteiger partial charge in [-0.05, 0) is 74.6 Å². The second-order valence-corrected chi connectivity index (χ2v) is 14.2. The van der Waals surface area contributed by atoms with Gasteiger partial charge < -0.3 is 37.9 Å². The maximum atomic E-state index is 6.68. The van der Waals surface area contributed by atoms with Crippen molar-refractivity contribution in [1.29, 1.82) is 0 Å². The molecule has 0 amide bonds. The van der Waals surface area contributed by atoms with Gasteiger partial charge in [-0.2, -0.15) is 0 Å².